The van der Waals surface area contributed by atoms with Crippen LogP contribution in [0.15, 0.2) is 18.2 Å². The molecule has 1 heterocycles. The van der Waals surface area contributed by atoms with Crippen LogP contribution >= 0.6 is 0 Å². The Hall–Kier alpha value is -2.04. The Morgan fingerprint density at radius 3 is 2.84 bits per heavy atom. The van der Waals surface area contributed by atoms with Crippen molar-refractivity contribution in [1.82, 2.24) is 5.32 Å². The van der Waals surface area contributed by atoms with E-state index in [1.807, 2.05) is 19.9 Å². The highest BCUT2D eigenvalue weighted by Crippen LogP contribution is 2.27. The van der Waals surface area contributed by atoms with E-state index in [4.69, 9.17) is 0 Å². The summed E-state index contributed by atoms with van der Waals surface area (Å²) >= 11 is 0. The molecule has 3 N–H and O–H groups in total. The number of hydrogen-bond acceptors (Lipinski definition) is 3. The molecule has 2 rings (SSSR count). The second-order valence-corrected chi connectivity index (χ2v) is 4.90. The number of carbonyl (C=O) groups is 2. The molecule has 0 fully saturated rings. The molecule has 2 atom stereocenters. The van der Waals surface area contributed by atoms with Crippen molar-refractivity contribution in [3.05, 3.63) is 23.8 Å². The zero-order valence-electron chi connectivity index (χ0n) is 11.4. The molecule has 0 saturated heterocycles. The third-order valence-electron chi connectivity index (χ3n) is 3.29. The molecular weight excluding hydrogens is 242 g/mol. The predicted octanol–water partition coefficient (Wildman–Crippen LogP) is 1.97. The lowest BCUT2D eigenvalue weighted by Gasteiger charge is -2.24. The maximum absolute atomic E-state index is 12.0. The Balaban J connectivity index is 2.19. The van der Waals surface area contributed by atoms with E-state index in [0.717, 1.165) is 12.1 Å². The van der Waals surface area contributed by atoms with Crippen molar-refractivity contribution in [3.8, 4) is 0 Å². The number of anilines is 2. The normalized spacial score (nSPS) is 18.9. The monoisotopic (exact) mass is 261 g/mol. The Kier molecular flexibility index (Phi) is 3.74. The number of amides is 2. The first-order valence-corrected chi connectivity index (χ1v) is 6.53. The summed E-state index contributed by atoms with van der Waals surface area (Å²) in [5.41, 5.74) is 2.04. The van der Waals surface area contributed by atoms with Gasteiger partial charge in [0.2, 0.25) is 5.91 Å². The van der Waals surface area contributed by atoms with E-state index < -0.39 is 0 Å². The number of benzene rings is 1. The largest absolute Gasteiger partial charge is 0.372 e. The summed E-state index contributed by atoms with van der Waals surface area (Å²) in [5, 5.41) is 8.78. The van der Waals surface area contributed by atoms with Gasteiger partial charge in [0.1, 0.15) is 6.04 Å². The van der Waals surface area contributed by atoms with Crippen LogP contribution in [0, 0.1) is 0 Å². The quantitative estimate of drug-likeness (QED) is 0.779. The highest BCUT2D eigenvalue weighted by atomic mass is 16.2. The summed E-state index contributed by atoms with van der Waals surface area (Å²) in [7, 11) is 0. The van der Waals surface area contributed by atoms with Gasteiger partial charge in [0.05, 0.1) is 11.4 Å². The summed E-state index contributed by atoms with van der Waals surface area (Å²) in [6.45, 7) is 5.77. The van der Waals surface area contributed by atoms with Gasteiger partial charge in [-0.1, -0.05) is 6.92 Å². The molecule has 2 unspecified atom stereocenters. The van der Waals surface area contributed by atoms with Crippen LogP contribution in [0.4, 0.5) is 11.4 Å². The van der Waals surface area contributed by atoms with Gasteiger partial charge in [-0.05, 0) is 38.5 Å². The topological polar surface area (TPSA) is 70.2 Å². The minimum atomic E-state index is -0.257. The van der Waals surface area contributed by atoms with Gasteiger partial charge in [-0.2, -0.15) is 0 Å². The fourth-order valence-corrected chi connectivity index (χ4v) is 1.86. The molecule has 5 nitrogen and oxygen atoms in total. The van der Waals surface area contributed by atoms with Gasteiger partial charge in [0.15, 0.2) is 0 Å². The molecule has 0 aliphatic carbocycles. The van der Waals surface area contributed by atoms with Crippen LogP contribution in [0.1, 0.15) is 37.6 Å². The average molecular weight is 261 g/mol. The first kappa shape index (κ1) is 13.4. The SMILES string of the molecule is CCC(C)NC(=O)c1ccc2c(c1)NC(=O)C(C)N2. The van der Waals surface area contributed by atoms with Gasteiger partial charge >= 0.3 is 0 Å². The number of hydrogen-bond donors (Lipinski definition) is 3. The maximum Gasteiger partial charge on any atom is 0.251 e. The van der Waals surface area contributed by atoms with Crippen molar-refractivity contribution < 1.29 is 9.59 Å². The number of rotatable bonds is 3. The first-order valence-electron chi connectivity index (χ1n) is 6.53. The smallest absolute Gasteiger partial charge is 0.251 e. The van der Waals surface area contributed by atoms with E-state index >= 15 is 0 Å². The van der Waals surface area contributed by atoms with E-state index in [0.29, 0.717) is 11.3 Å². The predicted molar refractivity (Wildman–Crippen MR) is 75.4 cm³/mol. The van der Waals surface area contributed by atoms with Gasteiger partial charge in [-0.3, -0.25) is 9.59 Å². The van der Waals surface area contributed by atoms with Crippen LogP contribution in [0.2, 0.25) is 0 Å². The molecule has 1 aliphatic rings. The van der Waals surface area contributed by atoms with E-state index in [-0.39, 0.29) is 23.9 Å². The fraction of sp³-hybridized carbons (Fsp3) is 0.429. The molecule has 5 heteroatoms. The Morgan fingerprint density at radius 1 is 1.42 bits per heavy atom. The first-order chi connectivity index (χ1) is 9.01. The number of nitrogens with one attached hydrogen (secondary N) is 3. The van der Waals surface area contributed by atoms with Crippen molar-refractivity contribution in [2.45, 2.75) is 39.3 Å². The standard InChI is InChI=1S/C14H19N3O2/c1-4-8(2)15-14(19)10-5-6-11-12(7-10)17-13(18)9(3)16-11/h5-9,16H,4H2,1-3H3,(H,15,19)(H,17,18). The molecule has 102 valence electrons. The highest BCUT2D eigenvalue weighted by Gasteiger charge is 2.22. The van der Waals surface area contributed by atoms with Crippen molar-refractivity contribution >= 4 is 23.2 Å². The summed E-state index contributed by atoms with van der Waals surface area (Å²) in [6, 6.07) is 5.15. The zero-order chi connectivity index (χ0) is 14.0. The molecule has 0 saturated carbocycles. The molecule has 0 radical (unpaired) electrons. The van der Waals surface area contributed by atoms with Crippen LogP contribution in [-0.2, 0) is 4.79 Å². The molecular formula is C14H19N3O2. The van der Waals surface area contributed by atoms with Crippen LogP contribution in [0.5, 0.6) is 0 Å². The molecule has 0 bridgehead atoms. The lowest BCUT2D eigenvalue weighted by molar-refractivity contribution is -0.116. The van der Waals surface area contributed by atoms with Gasteiger partial charge in [-0.25, -0.2) is 0 Å². The van der Waals surface area contributed by atoms with E-state index in [1.54, 1.807) is 19.1 Å². The van der Waals surface area contributed by atoms with Crippen LogP contribution < -0.4 is 16.0 Å². The van der Waals surface area contributed by atoms with Crippen LogP contribution in [0.25, 0.3) is 0 Å². The van der Waals surface area contributed by atoms with Crippen LogP contribution in [-0.4, -0.2) is 23.9 Å². The molecule has 2 amide bonds. The van der Waals surface area contributed by atoms with Crippen molar-refractivity contribution in [3.63, 3.8) is 0 Å². The van der Waals surface area contributed by atoms with E-state index in [9.17, 15) is 9.59 Å². The van der Waals surface area contributed by atoms with E-state index in [1.165, 1.54) is 0 Å². The molecule has 0 aromatic heterocycles. The third kappa shape index (κ3) is 2.86. The molecule has 1 aliphatic heterocycles. The van der Waals surface area contributed by atoms with Crippen molar-refractivity contribution in [2.24, 2.45) is 0 Å². The Labute approximate surface area is 112 Å². The van der Waals surface area contributed by atoms with Gasteiger partial charge in [-0.15, -0.1) is 0 Å². The zero-order valence-corrected chi connectivity index (χ0v) is 11.4. The molecule has 1 aromatic rings. The Bertz CT molecular complexity index is 513. The Morgan fingerprint density at radius 2 is 2.16 bits per heavy atom. The fourth-order valence-electron chi connectivity index (χ4n) is 1.86. The minimum absolute atomic E-state index is 0.0908. The van der Waals surface area contributed by atoms with Crippen molar-refractivity contribution in [1.29, 1.82) is 0 Å². The second-order valence-electron chi connectivity index (χ2n) is 4.90. The van der Waals surface area contributed by atoms with Gasteiger partial charge < -0.3 is 16.0 Å². The number of carbonyl (C=O) groups excluding carboxylic acids is 2. The van der Waals surface area contributed by atoms with Crippen molar-refractivity contribution in [2.75, 3.05) is 10.6 Å². The summed E-state index contributed by atoms with van der Waals surface area (Å²) < 4.78 is 0. The molecule has 1 aromatic carbocycles. The van der Waals surface area contributed by atoms with E-state index in [2.05, 4.69) is 16.0 Å². The number of fused-ring (bicyclic) bond motifs is 1. The highest BCUT2D eigenvalue weighted by molar-refractivity contribution is 6.05. The summed E-state index contributed by atoms with van der Waals surface area (Å²) in [4.78, 5) is 23.6. The van der Waals surface area contributed by atoms with Gasteiger partial charge in [0, 0.05) is 11.6 Å². The lowest BCUT2D eigenvalue weighted by atomic mass is 10.1. The molecule has 19 heavy (non-hydrogen) atoms. The minimum Gasteiger partial charge on any atom is -0.372 e. The molecule has 0 spiro atoms. The maximum atomic E-state index is 12.0. The summed E-state index contributed by atoms with van der Waals surface area (Å²) in [6.07, 6.45) is 0.881. The van der Waals surface area contributed by atoms with Gasteiger partial charge in [0.25, 0.3) is 5.91 Å². The summed E-state index contributed by atoms with van der Waals surface area (Å²) in [5.74, 6) is -0.211. The lowest BCUT2D eigenvalue weighted by Crippen LogP contribution is -2.36. The second kappa shape index (κ2) is 5.30. The third-order valence-corrected chi connectivity index (χ3v) is 3.29. The average Bonchev–Trinajstić information content (AvgIpc) is 2.39. The van der Waals surface area contributed by atoms with Crippen LogP contribution in [0.3, 0.4) is 0 Å².